The van der Waals surface area contributed by atoms with Crippen LogP contribution in [0.4, 0.5) is 5.13 Å². The van der Waals surface area contributed by atoms with Crippen LogP contribution in [0.3, 0.4) is 0 Å². The topological polar surface area (TPSA) is 36.4 Å². The number of halogens is 1. The van der Waals surface area contributed by atoms with Crippen LogP contribution in [0.15, 0.2) is 0 Å². The van der Waals surface area contributed by atoms with Crippen LogP contribution in [-0.4, -0.2) is 23.2 Å². The highest BCUT2D eigenvalue weighted by Crippen LogP contribution is 2.32. The predicted molar refractivity (Wildman–Crippen MR) is 72.9 cm³/mol. The van der Waals surface area contributed by atoms with Crippen LogP contribution in [-0.2, 0) is 6.61 Å². The summed E-state index contributed by atoms with van der Waals surface area (Å²) in [6.45, 7) is -0.0188. The number of anilines is 1. The summed E-state index contributed by atoms with van der Waals surface area (Å²) in [6.07, 6.45) is 7.79. The molecule has 1 heterocycles. The molecule has 0 aliphatic heterocycles. The van der Waals surface area contributed by atoms with Crippen molar-refractivity contribution in [2.75, 3.05) is 11.9 Å². The summed E-state index contributed by atoms with van der Waals surface area (Å²) in [5, 5.41) is 10.5. The summed E-state index contributed by atoms with van der Waals surface area (Å²) < 4.78 is 0. The third-order valence-corrected chi connectivity index (χ3v) is 5.01. The van der Waals surface area contributed by atoms with Crippen molar-refractivity contribution in [3.8, 4) is 0 Å². The van der Waals surface area contributed by atoms with Gasteiger partial charge in [0.05, 0.1) is 11.5 Å². The Morgan fingerprint density at radius 2 is 2.00 bits per heavy atom. The quantitative estimate of drug-likeness (QED) is 0.858. The van der Waals surface area contributed by atoms with Crippen LogP contribution in [0.2, 0.25) is 5.15 Å². The highest BCUT2D eigenvalue weighted by molar-refractivity contribution is 7.16. The first kappa shape index (κ1) is 13.1. The molecule has 3 nitrogen and oxygen atoms in total. The number of hydrogen-bond donors (Lipinski definition) is 1. The van der Waals surface area contributed by atoms with E-state index in [9.17, 15) is 0 Å². The van der Waals surface area contributed by atoms with Crippen molar-refractivity contribution in [2.24, 2.45) is 0 Å². The van der Waals surface area contributed by atoms with E-state index in [2.05, 4.69) is 16.9 Å². The number of thiazole rings is 1. The number of hydrogen-bond acceptors (Lipinski definition) is 4. The summed E-state index contributed by atoms with van der Waals surface area (Å²) in [4.78, 5) is 7.34. The van der Waals surface area contributed by atoms with Crippen molar-refractivity contribution in [3.05, 3.63) is 10.0 Å². The smallest absolute Gasteiger partial charge is 0.187 e. The fraction of sp³-hybridized carbons (Fsp3) is 0.750. The van der Waals surface area contributed by atoms with Crippen molar-refractivity contribution in [2.45, 2.75) is 51.2 Å². The molecule has 0 radical (unpaired) electrons. The molecule has 1 N–H and O–H groups in total. The maximum atomic E-state index is 9.14. The lowest BCUT2D eigenvalue weighted by molar-refractivity contribution is 0.285. The summed E-state index contributed by atoms with van der Waals surface area (Å²) in [5.41, 5.74) is 0. The first-order valence-electron chi connectivity index (χ1n) is 6.21. The Morgan fingerprint density at radius 3 is 2.53 bits per heavy atom. The van der Waals surface area contributed by atoms with Crippen molar-refractivity contribution < 1.29 is 5.11 Å². The van der Waals surface area contributed by atoms with Gasteiger partial charge in [0.25, 0.3) is 0 Å². The molecule has 96 valence electrons. The van der Waals surface area contributed by atoms with E-state index in [1.165, 1.54) is 49.9 Å². The molecular weight excluding hydrogens is 256 g/mol. The van der Waals surface area contributed by atoms with Crippen molar-refractivity contribution >= 4 is 28.1 Å². The molecule has 1 aromatic rings. The Balaban J connectivity index is 2.08. The number of rotatable bonds is 3. The molecule has 5 heteroatoms. The molecule has 0 saturated heterocycles. The molecule has 0 spiro atoms. The normalized spacial score (nSPS) is 18.1. The minimum atomic E-state index is -0.0188. The van der Waals surface area contributed by atoms with Gasteiger partial charge in [-0.25, -0.2) is 4.98 Å². The van der Waals surface area contributed by atoms with Gasteiger partial charge in [-0.2, -0.15) is 0 Å². The van der Waals surface area contributed by atoms with Gasteiger partial charge in [0.1, 0.15) is 5.15 Å². The highest BCUT2D eigenvalue weighted by Gasteiger charge is 2.20. The van der Waals surface area contributed by atoms with E-state index in [-0.39, 0.29) is 6.61 Å². The molecular formula is C12H19ClN2OS. The van der Waals surface area contributed by atoms with E-state index in [1.54, 1.807) is 0 Å². The van der Waals surface area contributed by atoms with Crippen LogP contribution in [0.5, 0.6) is 0 Å². The van der Waals surface area contributed by atoms with Crippen molar-refractivity contribution in [1.29, 1.82) is 0 Å². The summed E-state index contributed by atoms with van der Waals surface area (Å²) in [7, 11) is 2.09. The lowest BCUT2D eigenvalue weighted by atomic mass is 10.1. The number of nitrogens with zero attached hydrogens (tertiary/aromatic N) is 2. The average molecular weight is 275 g/mol. The van der Waals surface area contributed by atoms with Gasteiger partial charge in [-0.3, -0.25) is 0 Å². The molecule has 1 saturated carbocycles. The van der Waals surface area contributed by atoms with Gasteiger partial charge in [-0.15, -0.1) is 0 Å². The van der Waals surface area contributed by atoms with Crippen LogP contribution in [0.25, 0.3) is 0 Å². The van der Waals surface area contributed by atoms with Crippen LogP contribution < -0.4 is 4.90 Å². The van der Waals surface area contributed by atoms with Gasteiger partial charge in [0.15, 0.2) is 5.13 Å². The van der Waals surface area contributed by atoms with Gasteiger partial charge in [0, 0.05) is 13.1 Å². The summed E-state index contributed by atoms with van der Waals surface area (Å²) >= 11 is 7.47. The van der Waals surface area contributed by atoms with E-state index < -0.39 is 0 Å². The van der Waals surface area contributed by atoms with Crippen LogP contribution in [0, 0.1) is 0 Å². The maximum absolute atomic E-state index is 9.14. The van der Waals surface area contributed by atoms with E-state index in [1.807, 2.05) is 0 Å². The first-order chi connectivity index (χ1) is 8.22. The van der Waals surface area contributed by atoms with Gasteiger partial charge < -0.3 is 10.0 Å². The van der Waals surface area contributed by atoms with Crippen molar-refractivity contribution in [3.63, 3.8) is 0 Å². The molecule has 1 aromatic heterocycles. The second kappa shape index (κ2) is 6.03. The fourth-order valence-corrected chi connectivity index (χ4v) is 3.52. The Morgan fingerprint density at radius 1 is 1.35 bits per heavy atom. The van der Waals surface area contributed by atoms with E-state index >= 15 is 0 Å². The molecule has 0 unspecified atom stereocenters. The molecule has 1 fully saturated rings. The zero-order chi connectivity index (χ0) is 12.3. The first-order valence-corrected chi connectivity index (χ1v) is 7.40. The van der Waals surface area contributed by atoms with E-state index in [0.29, 0.717) is 11.2 Å². The molecule has 0 aromatic carbocycles. The van der Waals surface area contributed by atoms with Gasteiger partial charge in [0.2, 0.25) is 0 Å². The Labute approximate surface area is 111 Å². The summed E-state index contributed by atoms with van der Waals surface area (Å²) in [6, 6.07) is 0.575. The summed E-state index contributed by atoms with van der Waals surface area (Å²) in [5.74, 6) is 0. The maximum Gasteiger partial charge on any atom is 0.187 e. The predicted octanol–water partition coefficient (Wildman–Crippen LogP) is 3.45. The number of aliphatic hydroxyl groups is 1. The van der Waals surface area contributed by atoms with Gasteiger partial charge in [-0.1, -0.05) is 48.6 Å². The Kier molecular flexibility index (Phi) is 4.65. The van der Waals surface area contributed by atoms with Crippen LogP contribution >= 0.6 is 22.9 Å². The standard InChI is InChI=1S/C12H19ClN2OS/c1-15(9-6-4-2-3-5-7-9)12-14-11(13)10(8-16)17-12/h9,16H,2-8H2,1H3. The molecule has 1 aliphatic rings. The minimum Gasteiger partial charge on any atom is -0.391 e. The molecule has 17 heavy (non-hydrogen) atoms. The number of aromatic nitrogens is 1. The van der Waals surface area contributed by atoms with Gasteiger partial charge in [-0.05, 0) is 12.8 Å². The zero-order valence-electron chi connectivity index (χ0n) is 10.2. The second-order valence-corrected chi connectivity index (χ2v) is 6.04. The van der Waals surface area contributed by atoms with Crippen LogP contribution in [0.1, 0.15) is 43.4 Å². The zero-order valence-corrected chi connectivity index (χ0v) is 11.7. The van der Waals surface area contributed by atoms with E-state index in [4.69, 9.17) is 16.7 Å². The van der Waals surface area contributed by atoms with Crippen molar-refractivity contribution in [1.82, 2.24) is 4.98 Å². The second-order valence-electron chi connectivity index (χ2n) is 4.62. The lowest BCUT2D eigenvalue weighted by Gasteiger charge is -2.26. The minimum absolute atomic E-state index is 0.0188. The molecule has 1 aliphatic carbocycles. The third-order valence-electron chi connectivity index (χ3n) is 3.46. The Bertz CT molecular complexity index is 361. The molecule has 2 rings (SSSR count). The SMILES string of the molecule is CN(c1nc(Cl)c(CO)s1)C1CCCCCC1. The molecule has 0 bridgehead atoms. The lowest BCUT2D eigenvalue weighted by Crippen LogP contribution is -2.30. The van der Waals surface area contributed by atoms with E-state index in [0.717, 1.165) is 10.0 Å². The monoisotopic (exact) mass is 274 g/mol. The number of aliphatic hydroxyl groups excluding tert-OH is 1. The Hall–Kier alpha value is -0.320. The third kappa shape index (κ3) is 3.12. The van der Waals surface area contributed by atoms with Gasteiger partial charge >= 0.3 is 0 Å². The average Bonchev–Trinajstić information content (AvgIpc) is 2.56. The highest BCUT2D eigenvalue weighted by atomic mass is 35.5. The largest absolute Gasteiger partial charge is 0.391 e. The molecule has 0 atom stereocenters. The molecule has 0 amide bonds. The fourth-order valence-electron chi connectivity index (χ4n) is 2.37.